The molecule has 21 heavy (non-hydrogen) atoms. The first-order chi connectivity index (χ1) is 10.0. The minimum atomic E-state index is -0.153. The van der Waals surface area contributed by atoms with Gasteiger partial charge in [-0.05, 0) is 25.0 Å². The van der Waals surface area contributed by atoms with Crippen LogP contribution in [0.4, 0.5) is 5.69 Å². The van der Waals surface area contributed by atoms with Crippen LogP contribution in [0.5, 0.6) is 5.75 Å². The van der Waals surface area contributed by atoms with Crippen LogP contribution in [0, 0.1) is 0 Å². The van der Waals surface area contributed by atoms with Gasteiger partial charge in [-0.1, -0.05) is 6.07 Å². The molecule has 2 amide bonds. The Balaban J connectivity index is 2.18. The molecule has 1 saturated heterocycles. The molecule has 1 aromatic carbocycles. The predicted molar refractivity (Wildman–Crippen MR) is 80.1 cm³/mol. The van der Waals surface area contributed by atoms with Gasteiger partial charge in [0.2, 0.25) is 5.91 Å². The Hall–Kier alpha value is -2.24. The first-order valence-electron chi connectivity index (χ1n) is 7.01. The molecule has 114 valence electrons. The Labute approximate surface area is 124 Å². The first-order valence-corrected chi connectivity index (χ1v) is 7.01. The van der Waals surface area contributed by atoms with Gasteiger partial charge in [0.1, 0.15) is 11.3 Å². The molecule has 1 fully saturated rings. The molecule has 1 aliphatic heterocycles. The number of methoxy groups -OCH3 is 1. The zero-order valence-electron chi connectivity index (χ0n) is 12.4. The summed E-state index contributed by atoms with van der Waals surface area (Å²) in [5.41, 5.74) is 6.72. The summed E-state index contributed by atoms with van der Waals surface area (Å²) in [4.78, 5) is 25.6. The molecule has 3 N–H and O–H groups in total. The SMILES string of the molecule is COc1cccc(N)c1C(=O)N1CCCC(NC(C)=O)C1. The number of ether oxygens (including phenoxy) is 1. The highest BCUT2D eigenvalue weighted by atomic mass is 16.5. The van der Waals surface area contributed by atoms with Gasteiger partial charge in [-0.15, -0.1) is 0 Å². The van der Waals surface area contributed by atoms with Crippen molar-refractivity contribution in [3.8, 4) is 5.75 Å². The molecule has 0 spiro atoms. The quantitative estimate of drug-likeness (QED) is 0.814. The van der Waals surface area contributed by atoms with Crippen molar-refractivity contribution in [2.75, 3.05) is 25.9 Å². The summed E-state index contributed by atoms with van der Waals surface area (Å²) in [5.74, 6) is 0.243. The van der Waals surface area contributed by atoms with E-state index in [0.717, 1.165) is 12.8 Å². The number of anilines is 1. The molecule has 6 nitrogen and oxygen atoms in total. The maximum atomic E-state index is 12.7. The number of piperidine rings is 1. The lowest BCUT2D eigenvalue weighted by atomic mass is 10.0. The number of hydrogen-bond acceptors (Lipinski definition) is 4. The minimum Gasteiger partial charge on any atom is -0.496 e. The van der Waals surface area contributed by atoms with Gasteiger partial charge in [-0.2, -0.15) is 0 Å². The minimum absolute atomic E-state index is 0.00358. The Kier molecular flexibility index (Phi) is 4.67. The molecule has 2 rings (SSSR count). The molecule has 1 unspecified atom stereocenters. The average Bonchev–Trinajstić information content (AvgIpc) is 2.45. The van der Waals surface area contributed by atoms with E-state index in [-0.39, 0.29) is 17.9 Å². The van der Waals surface area contributed by atoms with E-state index in [0.29, 0.717) is 30.1 Å². The predicted octanol–water partition coefficient (Wildman–Crippen LogP) is 1.02. The van der Waals surface area contributed by atoms with E-state index in [4.69, 9.17) is 10.5 Å². The van der Waals surface area contributed by atoms with Crippen LogP contribution in [0.25, 0.3) is 0 Å². The Morgan fingerprint density at radius 3 is 2.86 bits per heavy atom. The number of amides is 2. The van der Waals surface area contributed by atoms with Crippen LogP contribution < -0.4 is 15.8 Å². The second kappa shape index (κ2) is 6.47. The van der Waals surface area contributed by atoms with Gasteiger partial charge < -0.3 is 20.7 Å². The van der Waals surface area contributed by atoms with Crippen molar-refractivity contribution >= 4 is 17.5 Å². The van der Waals surface area contributed by atoms with E-state index >= 15 is 0 Å². The summed E-state index contributed by atoms with van der Waals surface area (Å²) in [7, 11) is 1.52. The van der Waals surface area contributed by atoms with Crippen molar-refractivity contribution in [1.82, 2.24) is 10.2 Å². The van der Waals surface area contributed by atoms with Crippen molar-refractivity contribution in [2.24, 2.45) is 0 Å². The van der Waals surface area contributed by atoms with Gasteiger partial charge in [0, 0.05) is 31.7 Å². The topological polar surface area (TPSA) is 84.7 Å². The van der Waals surface area contributed by atoms with Crippen LogP contribution in [0.3, 0.4) is 0 Å². The monoisotopic (exact) mass is 291 g/mol. The number of nitrogens with zero attached hydrogens (tertiary/aromatic N) is 1. The van der Waals surface area contributed by atoms with Gasteiger partial charge in [-0.3, -0.25) is 9.59 Å². The summed E-state index contributed by atoms with van der Waals surface area (Å²) < 4.78 is 5.23. The van der Waals surface area contributed by atoms with E-state index in [1.165, 1.54) is 14.0 Å². The number of carbonyl (C=O) groups excluding carboxylic acids is 2. The second-order valence-electron chi connectivity index (χ2n) is 5.22. The maximum absolute atomic E-state index is 12.7. The molecular formula is C15H21N3O3. The summed E-state index contributed by atoms with van der Waals surface area (Å²) in [6.45, 7) is 2.64. The normalized spacial score (nSPS) is 18.2. The summed E-state index contributed by atoms with van der Waals surface area (Å²) >= 11 is 0. The highest BCUT2D eigenvalue weighted by Crippen LogP contribution is 2.26. The van der Waals surface area contributed by atoms with Crippen molar-refractivity contribution in [3.05, 3.63) is 23.8 Å². The number of hydrogen-bond donors (Lipinski definition) is 2. The molecule has 1 heterocycles. The molecule has 6 heteroatoms. The Bertz CT molecular complexity index is 545. The zero-order chi connectivity index (χ0) is 15.4. The molecule has 1 aromatic rings. The third kappa shape index (κ3) is 3.45. The first kappa shape index (κ1) is 15.2. The van der Waals surface area contributed by atoms with Gasteiger partial charge in [-0.25, -0.2) is 0 Å². The third-order valence-electron chi connectivity index (χ3n) is 3.61. The number of nitrogen functional groups attached to an aromatic ring is 1. The van der Waals surface area contributed by atoms with E-state index < -0.39 is 0 Å². The van der Waals surface area contributed by atoms with Crippen molar-refractivity contribution < 1.29 is 14.3 Å². The van der Waals surface area contributed by atoms with Gasteiger partial charge in [0.15, 0.2) is 0 Å². The fourth-order valence-electron chi connectivity index (χ4n) is 2.67. The van der Waals surface area contributed by atoms with Crippen LogP contribution in [-0.4, -0.2) is 43.0 Å². The van der Waals surface area contributed by atoms with Crippen LogP contribution in [0.1, 0.15) is 30.1 Å². The number of nitrogens with one attached hydrogen (secondary N) is 1. The molecule has 0 saturated carbocycles. The third-order valence-corrected chi connectivity index (χ3v) is 3.61. The molecule has 1 atom stereocenters. The van der Waals surface area contributed by atoms with Crippen molar-refractivity contribution in [3.63, 3.8) is 0 Å². The summed E-state index contributed by atoms with van der Waals surface area (Å²) in [6.07, 6.45) is 1.73. The van der Waals surface area contributed by atoms with Crippen molar-refractivity contribution in [1.29, 1.82) is 0 Å². The van der Waals surface area contributed by atoms with Crippen LogP contribution >= 0.6 is 0 Å². The molecule has 0 radical (unpaired) electrons. The van der Waals surface area contributed by atoms with Gasteiger partial charge >= 0.3 is 0 Å². The highest BCUT2D eigenvalue weighted by molar-refractivity contribution is 6.02. The zero-order valence-corrected chi connectivity index (χ0v) is 12.4. The molecular weight excluding hydrogens is 270 g/mol. The number of likely N-dealkylation sites (tertiary alicyclic amines) is 1. The van der Waals surface area contributed by atoms with Gasteiger partial charge in [0.05, 0.1) is 7.11 Å². The van der Waals surface area contributed by atoms with E-state index in [1.807, 2.05) is 0 Å². The number of benzene rings is 1. The molecule has 1 aliphatic rings. The Morgan fingerprint density at radius 2 is 2.19 bits per heavy atom. The maximum Gasteiger partial charge on any atom is 0.259 e. The summed E-state index contributed by atoms with van der Waals surface area (Å²) in [5, 5.41) is 2.87. The lowest BCUT2D eigenvalue weighted by Gasteiger charge is -2.33. The summed E-state index contributed by atoms with van der Waals surface area (Å²) in [6, 6.07) is 5.15. The highest BCUT2D eigenvalue weighted by Gasteiger charge is 2.27. The van der Waals surface area contributed by atoms with Gasteiger partial charge in [0.25, 0.3) is 5.91 Å². The Morgan fingerprint density at radius 1 is 1.43 bits per heavy atom. The van der Waals surface area contributed by atoms with Crippen molar-refractivity contribution in [2.45, 2.75) is 25.8 Å². The number of carbonyl (C=O) groups is 2. The molecule has 0 aliphatic carbocycles. The van der Waals surface area contributed by atoms with Crippen LogP contribution in [0.2, 0.25) is 0 Å². The fraction of sp³-hybridized carbons (Fsp3) is 0.467. The largest absolute Gasteiger partial charge is 0.496 e. The lowest BCUT2D eigenvalue weighted by Crippen LogP contribution is -2.49. The van der Waals surface area contributed by atoms with E-state index in [9.17, 15) is 9.59 Å². The lowest BCUT2D eigenvalue weighted by molar-refractivity contribution is -0.120. The fourth-order valence-corrected chi connectivity index (χ4v) is 2.67. The average molecular weight is 291 g/mol. The molecule has 0 bridgehead atoms. The van der Waals surface area contributed by atoms with Crippen LogP contribution in [0.15, 0.2) is 18.2 Å². The van der Waals surface area contributed by atoms with E-state index in [2.05, 4.69) is 5.32 Å². The number of rotatable bonds is 3. The van der Waals surface area contributed by atoms with E-state index in [1.54, 1.807) is 23.1 Å². The standard InChI is InChI=1S/C15H21N3O3/c1-10(19)17-11-5-4-8-18(9-11)15(20)14-12(16)6-3-7-13(14)21-2/h3,6-7,11H,4-5,8-9,16H2,1-2H3,(H,17,19). The second-order valence-corrected chi connectivity index (χ2v) is 5.22. The smallest absolute Gasteiger partial charge is 0.259 e. The van der Waals surface area contributed by atoms with Crippen LogP contribution in [-0.2, 0) is 4.79 Å². The number of nitrogens with two attached hydrogens (primary N) is 1. The molecule has 0 aromatic heterocycles.